The van der Waals surface area contributed by atoms with E-state index in [2.05, 4.69) is 10.2 Å². The molecule has 9 nitrogen and oxygen atoms in total. The smallest absolute Gasteiger partial charge is 0.338 e. The summed E-state index contributed by atoms with van der Waals surface area (Å²) in [6.45, 7) is 11.1. The van der Waals surface area contributed by atoms with Crippen LogP contribution < -0.4 is 10.1 Å². The molecular formula is C25H36N4O5. The molecule has 2 aliphatic rings. The first-order chi connectivity index (χ1) is 16.3. The van der Waals surface area contributed by atoms with Gasteiger partial charge in [0, 0.05) is 50.9 Å². The van der Waals surface area contributed by atoms with E-state index < -0.39 is 12.0 Å². The zero-order valence-corrected chi connectivity index (χ0v) is 20.8. The largest absolute Gasteiger partial charge is 0.497 e. The second-order valence-electron chi connectivity index (χ2n) is 8.74. The van der Waals surface area contributed by atoms with Crippen molar-refractivity contribution in [2.24, 2.45) is 5.92 Å². The average molecular weight is 473 g/mol. The maximum Gasteiger partial charge on any atom is 0.338 e. The van der Waals surface area contributed by atoms with E-state index in [1.54, 1.807) is 18.9 Å². The van der Waals surface area contributed by atoms with Crippen LogP contribution in [0.5, 0.6) is 5.75 Å². The lowest BCUT2D eigenvalue weighted by molar-refractivity contribution is -0.139. The number of hydrogen-bond donors (Lipinski definition) is 1. The summed E-state index contributed by atoms with van der Waals surface area (Å²) in [7, 11) is 1.58. The highest BCUT2D eigenvalue weighted by Gasteiger charge is 2.38. The van der Waals surface area contributed by atoms with Crippen molar-refractivity contribution in [3.05, 3.63) is 41.1 Å². The van der Waals surface area contributed by atoms with Crippen molar-refractivity contribution < 1.29 is 23.9 Å². The van der Waals surface area contributed by atoms with Gasteiger partial charge in [0.2, 0.25) is 5.91 Å². The number of urea groups is 1. The molecule has 3 amide bonds. The predicted octanol–water partition coefficient (Wildman–Crippen LogP) is 2.40. The lowest BCUT2D eigenvalue weighted by Crippen LogP contribution is -2.54. The van der Waals surface area contributed by atoms with E-state index in [-0.39, 0.29) is 24.5 Å². The first-order valence-electron chi connectivity index (χ1n) is 11.9. The minimum absolute atomic E-state index is 0.0362. The number of carbonyl (C=O) groups is 3. The summed E-state index contributed by atoms with van der Waals surface area (Å²) in [5, 5.41) is 2.98. The van der Waals surface area contributed by atoms with Crippen LogP contribution >= 0.6 is 0 Å². The molecule has 2 heterocycles. The highest BCUT2D eigenvalue weighted by Crippen LogP contribution is 2.33. The van der Waals surface area contributed by atoms with Crippen LogP contribution in [0.3, 0.4) is 0 Å². The maximum atomic E-state index is 13.2. The Morgan fingerprint density at radius 3 is 2.44 bits per heavy atom. The Morgan fingerprint density at radius 2 is 1.85 bits per heavy atom. The third-order valence-corrected chi connectivity index (χ3v) is 6.23. The molecule has 0 saturated carbocycles. The van der Waals surface area contributed by atoms with Gasteiger partial charge < -0.3 is 19.7 Å². The summed E-state index contributed by atoms with van der Waals surface area (Å²) in [6.07, 6.45) is 0. The van der Waals surface area contributed by atoms with Crippen LogP contribution in [0, 0.1) is 5.92 Å². The highest BCUT2D eigenvalue weighted by atomic mass is 16.5. The van der Waals surface area contributed by atoms with Crippen molar-refractivity contribution in [2.75, 3.05) is 53.0 Å². The van der Waals surface area contributed by atoms with Gasteiger partial charge in [-0.05, 0) is 31.5 Å². The maximum absolute atomic E-state index is 13.2. The molecule has 3 rings (SSSR count). The molecule has 1 atom stereocenters. The van der Waals surface area contributed by atoms with Gasteiger partial charge in [-0.25, -0.2) is 9.59 Å². The summed E-state index contributed by atoms with van der Waals surface area (Å²) < 4.78 is 10.8. The summed E-state index contributed by atoms with van der Waals surface area (Å²) >= 11 is 0. The predicted molar refractivity (Wildman–Crippen MR) is 128 cm³/mol. The van der Waals surface area contributed by atoms with Gasteiger partial charge in [-0.3, -0.25) is 14.6 Å². The van der Waals surface area contributed by atoms with Crippen LogP contribution in [-0.2, 0) is 14.3 Å². The van der Waals surface area contributed by atoms with E-state index in [9.17, 15) is 14.4 Å². The zero-order chi connectivity index (χ0) is 24.8. The molecular weight excluding hydrogens is 436 g/mol. The molecule has 0 bridgehead atoms. The van der Waals surface area contributed by atoms with Crippen LogP contribution in [0.1, 0.15) is 39.3 Å². The van der Waals surface area contributed by atoms with Gasteiger partial charge in [-0.15, -0.1) is 0 Å². The SMILES string of the molecule is CCOC(=O)C1=C(CN2CCN(C(=O)C(C)C)CC2)N(CC)C(=O)NC1c1cccc(OC)c1. The molecule has 1 saturated heterocycles. The summed E-state index contributed by atoms with van der Waals surface area (Å²) in [6, 6.07) is 6.43. The van der Waals surface area contributed by atoms with Crippen LogP contribution in [0.25, 0.3) is 0 Å². The van der Waals surface area contributed by atoms with Crippen molar-refractivity contribution in [1.82, 2.24) is 20.0 Å². The number of likely N-dealkylation sites (N-methyl/N-ethyl adjacent to an activating group) is 1. The fraction of sp³-hybridized carbons (Fsp3) is 0.560. The van der Waals surface area contributed by atoms with Gasteiger partial charge in [0.15, 0.2) is 0 Å². The van der Waals surface area contributed by atoms with E-state index in [1.165, 1.54) is 0 Å². The highest BCUT2D eigenvalue weighted by molar-refractivity contribution is 5.95. The molecule has 1 fully saturated rings. The van der Waals surface area contributed by atoms with Crippen LogP contribution in [0.2, 0.25) is 0 Å². The number of methoxy groups -OCH3 is 1. The summed E-state index contributed by atoms with van der Waals surface area (Å²) in [5.41, 5.74) is 1.81. The molecule has 0 aromatic heterocycles. The monoisotopic (exact) mass is 472 g/mol. The molecule has 2 aliphatic heterocycles. The van der Waals surface area contributed by atoms with Gasteiger partial charge in [-0.2, -0.15) is 0 Å². The van der Waals surface area contributed by atoms with Gasteiger partial charge >= 0.3 is 12.0 Å². The first-order valence-corrected chi connectivity index (χ1v) is 11.9. The van der Waals surface area contributed by atoms with Crippen molar-refractivity contribution in [3.8, 4) is 5.75 Å². The molecule has 1 N–H and O–H groups in total. The minimum Gasteiger partial charge on any atom is -0.497 e. The number of piperazine rings is 1. The molecule has 9 heteroatoms. The third kappa shape index (κ3) is 5.52. The Hall–Kier alpha value is -3.07. The molecule has 0 aliphatic carbocycles. The number of rotatable bonds is 8. The number of ether oxygens (including phenoxy) is 2. The number of hydrogen-bond acceptors (Lipinski definition) is 6. The van der Waals surface area contributed by atoms with Crippen LogP contribution in [-0.4, -0.2) is 85.6 Å². The number of carbonyl (C=O) groups excluding carboxylic acids is 3. The van der Waals surface area contributed by atoms with Crippen molar-refractivity contribution in [1.29, 1.82) is 0 Å². The molecule has 0 radical (unpaired) electrons. The number of benzene rings is 1. The fourth-order valence-corrected chi connectivity index (χ4v) is 4.43. The summed E-state index contributed by atoms with van der Waals surface area (Å²) in [4.78, 5) is 44.3. The Bertz CT molecular complexity index is 937. The van der Waals surface area contributed by atoms with Crippen molar-refractivity contribution >= 4 is 17.9 Å². The summed E-state index contributed by atoms with van der Waals surface area (Å²) in [5.74, 6) is 0.306. The average Bonchev–Trinajstić information content (AvgIpc) is 2.84. The Morgan fingerprint density at radius 1 is 1.15 bits per heavy atom. The second-order valence-corrected chi connectivity index (χ2v) is 8.74. The molecule has 1 aromatic rings. The van der Waals surface area contributed by atoms with E-state index in [4.69, 9.17) is 9.47 Å². The van der Waals surface area contributed by atoms with Crippen molar-refractivity contribution in [3.63, 3.8) is 0 Å². The number of esters is 1. The van der Waals surface area contributed by atoms with Gasteiger partial charge in [-0.1, -0.05) is 26.0 Å². The van der Waals surface area contributed by atoms with E-state index in [0.29, 0.717) is 56.3 Å². The second kappa shape index (κ2) is 11.4. The van der Waals surface area contributed by atoms with Gasteiger partial charge in [0.1, 0.15) is 5.75 Å². The fourth-order valence-electron chi connectivity index (χ4n) is 4.43. The number of amides is 3. The van der Waals surface area contributed by atoms with Crippen LogP contribution in [0.4, 0.5) is 4.79 Å². The Labute approximate surface area is 201 Å². The standard InChI is InChI=1S/C25H36N4O5/c1-6-29-20(16-27-11-13-28(14-12-27)23(30)17(3)4)21(24(31)34-7-2)22(26-25(29)32)18-9-8-10-19(15-18)33-5/h8-10,15,17,22H,6-7,11-14,16H2,1-5H3,(H,26,32). The van der Waals surface area contributed by atoms with E-state index >= 15 is 0 Å². The Balaban J connectivity index is 1.96. The van der Waals surface area contributed by atoms with E-state index in [1.807, 2.05) is 49.9 Å². The Kier molecular flexibility index (Phi) is 8.55. The lowest BCUT2D eigenvalue weighted by atomic mass is 9.94. The quantitative estimate of drug-likeness (QED) is 0.585. The number of nitrogens with zero attached hydrogens (tertiary/aromatic N) is 3. The lowest BCUT2D eigenvalue weighted by Gasteiger charge is -2.40. The molecule has 186 valence electrons. The minimum atomic E-state index is -0.650. The normalized spacial score (nSPS) is 19.4. The van der Waals surface area contributed by atoms with Crippen LogP contribution in [0.15, 0.2) is 35.5 Å². The van der Waals surface area contributed by atoms with E-state index in [0.717, 1.165) is 5.56 Å². The third-order valence-electron chi connectivity index (χ3n) is 6.23. The first kappa shape index (κ1) is 25.6. The molecule has 1 aromatic carbocycles. The van der Waals surface area contributed by atoms with Gasteiger partial charge in [0.05, 0.1) is 25.3 Å². The molecule has 0 spiro atoms. The van der Waals surface area contributed by atoms with Crippen molar-refractivity contribution in [2.45, 2.75) is 33.7 Å². The number of nitrogens with one attached hydrogen (secondary N) is 1. The topological polar surface area (TPSA) is 91.4 Å². The molecule has 34 heavy (non-hydrogen) atoms. The zero-order valence-electron chi connectivity index (χ0n) is 20.8. The molecule has 1 unspecified atom stereocenters. The van der Waals surface area contributed by atoms with Gasteiger partial charge in [0.25, 0.3) is 0 Å².